The maximum absolute atomic E-state index is 5.60. The van der Waals surface area contributed by atoms with Crippen LogP contribution in [-0.2, 0) is 0 Å². The maximum atomic E-state index is 5.60. The van der Waals surface area contributed by atoms with Gasteiger partial charge in [0.2, 0.25) is 0 Å². The summed E-state index contributed by atoms with van der Waals surface area (Å²) < 4.78 is 5.60. The summed E-state index contributed by atoms with van der Waals surface area (Å²) in [6.45, 7) is 8.57. The zero-order chi connectivity index (χ0) is 10.1. The van der Waals surface area contributed by atoms with Crippen molar-refractivity contribution in [2.24, 2.45) is 5.41 Å². The van der Waals surface area contributed by atoms with Crippen molar-refractivity contribution in [1.82, 2.24) is 5.32 Å². The molecule has 0 aliphatic heterocycles. The largest absolute Gasteiger partial charge is 0.465 e. The number of aryl methyl sites for hydroxylation is 1. The lowest BCUT2D eigenvalue weighted by Gasteiger charge is -2.28. The lowest BCUT2D eigenvalue weighted by Crippen LogP contribution is -2.29. The van der Waals surface area contributed by atoms with Gasteiger partial charge >= 0.3 is 0 Å². The van der Waals surface area contributed by atoms with E-state index in [2.05, 4.69) is 26.1 Å². The molecule has 0 unspecified atom stereocenters. The Bertz CT molecular complexity index is 270. The fourth-order valence-electron chi connectivity index (χ4n) is 1.61. The Labute approximate surface area is 80.3 Å². The average molecular weight is 181 g/mol. The van der Waals surface area contributed by atoms with Crippen molar-refractivity contribution in [2.75, 3.05) is 7.05 Å². The maximum Gasteiger partial charge on any atom is 0.121 e. The van der Waals surface area contributed by atoms with Crippen LogP contribution in [0.4, 0.5) is 0 Å². The van der Waals surface area contributed by atoms with E-state index in [-0.39, 0.29) is 11.5 Å². The Hall–Kier alpha value is -0.760. The van der Waals surface area contributed by atoms with E-state index >= 15 is 0 Å². The first-order valence-corrected chi connectivity index (χ1v) is 4.68. The summed E-state index contributed by atoms with van der Waals surface area (Å²) in [5.41, 5.74) is 0.180. The normalized spacial score (nSPS) is 14.5. The molecule has 0 saturated carbocycles. The lowest BCUT2D eigenvalue weighted by molar-refractivity contribution is 0.247. The second-order valence-electron chi connectivity index (χ2n) is 4.54. The molecule has 13 heavy (non-hydrogen) atoms. The van der Waals surface area contributed by atoms with Crippen LogP contribution in [-0.4, -0.2) is 7.05 Å². The van der Waals surface area contributed by atoms with E-state index < -0.39 is 0 Å². The van der Waals surface area contributed by atoms with Gasteiger partial charge in [-0.2, -0.15) is 0 Å². The van der Waals surface area contributed by atoms with Crippen LogP contribution in [0.5, 0.6) is 0 Å². The third-order valence-electron chi connectivity index (χ3n) is 2.20. The highest BCUT2D eigenvalue weighted by Gasteiger charge is 2.26. The number of hydrogen-bond donors (Lipinski definition) is 1. The van der Waals surface area contributed by atoms with Gasteiger partial charge in [0.25, 0.3) is 0 Å². The highest BCUT2D eigenvalue weighted by Crippen LogP contribution is 2.32. The molecule has 0 bridgehead atoms. The monoisotopic (exact) mass is 181 g/mol. The van der Waals surface area contributed by atoms with Crippen LogP contribution in [0.1, 0.15) is 38.3 Å². The average Bonchev–Trinajstić information content (AvgIpc) is 2.34. The van der Waals surface area contributed by atoms with Crippen LogP contribution < -0.4 is 5.32 Å². The van der Waals surface area contributed by atoms with Crippen LogP contribution in [0.3, 0.4) is 0 Å². The number of furan rings is 1. The van der Waals surface area contributed by atoms with Crippen molar-refractivity contribution in [3.05, 3.63) is 23.7 Å². The zero-order valence-electron chi connectivity index (χ0n) is 9.14. The van der Waals surface area contributed by atoms with Gasteiger partial charge in [0.05, 0.1) is 6.04 Å². The Morgan fingerprint density at radius 3 is 2.23 bits per heavy atom. The first-order chi connectivity index (χ1) is 5.95. The van der Waals surface area contributed by atoms with Gasteiger partial charge in [-0.1, -0.05) is 20.8 Å². The van der Waals surface area contributed by atoms with Crippen molar-refractivity contribution in [3.63, 3.8) is 0 Å². The van der Waals surface area contributed by atoms with E-state index in [1.807, 2.05) is 26.1 Å². The molecule has 1 aromatic heterocycles. The lowest BCUT2D eigenvalue weighted by atomic mass is 9.85. The molecule has 0 aliphatic carbocycles. The second kappa shape index (κ2) is 3.54. The zero-order valence-corrected chi connectivity index (χ0v) is 9.14. The molecule has 1 atom stereocenters. The fraction of sp³-hybridized carbons (Fsp3) is 0.636. The Morgan fingerprint density at radius 1 is 1.31 bits per heavy atom. The van der Waals surface area contributed by atoms with E-state index in [9.17, 15) is 0 Å². The molecule has 1 aromatic rings. The van der Waals surface area contributed by atoms with Crippen molar-refractivity contribution >= 4 is 0 Å². The molecule has 0 radical (unpaired) electrons. The van der Waals surface area contributed by atoms with Crippen LogP contribution in [0.15, 0.2) is 16.5 Å². The molecule has 0 fully saturated rings. The van der Waals surface area contributed by atoms with Gasteiger partial charge in [-0.25, -0.2) is 0 Å². The molecule has 1 N–H and O–H groups in total. The molecule has 0 saturated heterocycles. The van der Waals surface area contributed by atoms with Crippen molar-refractivity contribution in [1.29, 1.82) is 0 Å². The predicted octanol–water partition coefficient (Wildman–Crippen LogP) is 2.89. The Kier molecular flexibility index (Phi) is 2.81. The summed E-state index contributed by atoms with van der Waals surface area (Å²) in [4.78, 5) is 0. The Balaban J connectivity index is 2.91. The van der Waals surface area contributed by atoms with Gasteiger partial charge in [0.1, 0.15) is 11.5 Å². The molecule has 74 valence electrons. The summed E-state index contributed by atoms with van der Waals surface area (Å²) in [6, 6.07) is 4.33. The fourth-order valence-corrected chi connectivity index (χ4v) is 1.61. The highest BCUT2D eigenvalue weighted by atomic mass is 16.3. The molecular weight excluding hydrogens is 162 g/mol. The molecular formula is C11H19NO. The van der Waals surface area contributed by atoms with E-state index in [4.69, 9.17) is 4.42 Å². The number of hydrogen-bond acceptors (Lipinski definition) is 2. The van der Waals surface area contributed by atoms with Gasteiger partial charge in [0, 0.05) is 0 Å². The first kappa shape index (κ1) is 10.3. The van der Waals surface area contributed by atoms with Crippen molar-refractivity contribution in [3.8, 4) is 0 Å². The molecule has 0 spiro atoms. The summed E-state index contributed by atoms with van der Waals surface area (Å²) in [5, 5.41) is 3.28. The molecule has 0 amide bonds. The van der Waals surface area contributed by atoms with Crippen LogP contribution in [0.2, 0.25) is 0 Å². The SMILES string of the molecule is CN[C@@H](c1ccc(C)o1)C(C)(C)C. The van der Waals surface area contributed by atoms with Gasteiger partial charge in [-0.05, 0) is 31.5 Å². The molecule has 0 aromatic carbocycles. The predicted molar refractivity (Wildman–Crippen MR) is 54.7 cm³/mol. The Morgan fingerprint density at radius 2 is 1.92 bits per heavy atom. The molecule has 1 rings (SSSR count). The minimum atomic E-state index is 0.180. The highest BCUT2D eigenvalue weighted by molar-refractivity contribution is 5.11. The summed E-state index contributed by atoms with van der Waals surface area (Å²) in [6.07, 6.45) is 0. The van der Waals surface area contributed by atoms with Gasteiger partial charge < -0.3 is 9.73 Å². The third-order valence-corrected chi connectivity index (χ3v) is 2.20. The summed E-state index contributed by atoms with van der Waals surface area (Å²) in [5.74, 6) is 1.99. The van der Waals surface area contributed by atoms with Crippen LogP contribution >= 0.6 is 0 Å². The van der Waals surface area contributed by atoms with Gasteiger partial charge in [-0.15, -0.1) is 0 Å². The van der Waals surface area contributed by atoms with E-state index in [1.165, 1.54) is 0 Å². The molecule has 1 heterocycles. The minimum Gasteiger partial charge on any atom is -0.465 e. The van der Waals surface area contributed by atoms with E-state index in [0.29, 0.717) is 0 Å². The molecule has 2 heteroatoms. The van der Waals surface area contributed by atoms with Crippen LogP contribution in [0, 0.1) is 12.3 Å². The smallest absolute Gasteiger partial charge is 0.121 e. The summed E-state index contributed by atoms with van der Waals surface area (Å²) >= 11 is 0. The van der Waals surface area contributed by atoms with E-state index in [1.54, 1.807) is 0 Å². The number of rotatable bonds is 2. The molecule has 0 aliphatic rings. The quantitative estimate of drug-likeness (QED) is 0.759. The van der Waals surface area contributed by atoms with Crippen molar-refractivity contribution in [2.45, 2.75) is 33.7 Å². The van der Waals surface area contributed by atoms with E-state index in [0.717, 1.165) is 11.5 Å². The topological polar surface area (TPSA) is 25.2 Å². The standard InChI is InChI=1S/C11H19NO/c1-8-6-7-9(13-8)10(12-5)11(2,3)4/h6-7,10,12H,1-5H3/t10-/m0/s1. The molecule has 2 nitrogen and oxygen atoms in total. The van der Waals surface area contributed by atoms with Gasteiger partial charge in [0.15, 0.2) is 0 Å². The van der Waals surface area contributed by atoms with Gasteiger partial charge in [-0.3, -0.25) is 0 Å². The first-order valence-electron chi connectivity index (χ1n) is 4.68. The number of nitrogens with one attached hydrogen (secondary N) is 1. The minimum absolute atomic E-state index is 0.180. The third kappa shape index (κ3) is 2.34. The second-order valence-corrected chi connectivity index (χ2v) is 4.54. The summed E-state index contributed by atoms with van der Waals surface area (Å²) in [7, 11) is 1.97. The van der Waals surface area contributed by atoms with Crippen molar-refractivity contribution < 1.29 is 4.42 Å². The van der Waals surface area contributed by atoms with Crippen LogP contribution in [0.25, 0.3) is 0 Å².